The van der Waals surface area contributed by atoms with Crippen LogP contribution in [-0.4, -0.2) is 17.0 Å². The predicted octanol–water partition coefficient (Wildman–Crippen LogP) is 3.84. The Hall–Kier alpha value is -1.41. The Morgan fingerprint density at radius 3 is 2.33 bits per heavy atom. The van der Waals surface area contributed by atoms with Crippen LogP contribution in [0.1, 0.15) is 56.0 Å². The van der Waals surface area contributed by atoms with Crippen molar-refractivity contribution in [1.29, 1.82) is 0 Å². The molecule has 18 heavy (non-hydrogen) atoms. The van der Waals surface area contributed by atoms with Gasteiger partial charge >= 0.3 is 0 Å². The van der Waals surface area contributed by atoms with Crippen molar-refractivity contribution in [3.8, 4) is 0 Å². The molecule has 1 rings (SSSR count). The van der Waals surface area contributed by atoms with Crippen molar-refractivity contribution in [2.75, 3.05) is 0 Å². The van der Waals surface area contributed by atoms with E-state index < -0.39 is 5.60 Å². The Labute approximate surface area is 109 Å². The first-order valence-corrected chi connectivity index (χ1v) is 6.46. The Morgan fingerprint density at radius 1 is 1.28 bits per heavy atom. The normalized spacial score (nSPS) is 12.6. The molecule has 0 amide bonds. The number of aldehydes is 1. The van der Waals surface area contributed by atoms with Crippen LogP contribution in [0.2, 0.25) is 0 Å². The maximum Gasteiger partial charge on any atom is 0.150 e. The van der Waals surface area contributed by atoms with E-state index in [0.717, 1.165) is 36.7 Å². The number of rotatable bonds is 6. The minimum Gasteiger partial charge on any atom is -0.386 e. The van der Waals surface area contributed by atoms with Gasteiger partial charge in [-0.3, -0.25) is 4.79 Å². The van der Waals surface area contributed by atoms with Crippen LogP contribution in [0.25, 0.3) is 5.57 Å². The van der Waals surface area contributed by atoms with E-state index in [4.69, 9.17) is 0 Å². The number of benzene rings is 1. The summed E-state index contributed by atoms with van der Waals surface area (Å²) in [5.41, 5.74) is 2.08. The van der Waals surface area contributed by atoms with Crippen molar-refractivity contribution < 1.29 is 9.90 Å². The summed E-state index contributed by atoms with van der Waals surface area (Å²) in [6.07, 6.45) is 5.90. The van der Waals surface area contributed by atoms with Gasteiger partial charge in [0.15, 0.2) is 0 Å². The van der Waals surface area contributed by atoms with Gasteiger partial charge in [0.25, 0.3) is 0 Å². The molecule has 0 unspecified atom stereocenters. The fourth-order valence-electron chi connectivity index (χ4n) is 1.87. The molecule has 0 saturated heterocycles. The Bertz CT molecular complexity index is 408. The first kappa shape index (κ1) is 14.7. The summed E-state index contributed by atoms with van der Waals surface area (Å²) in [5.74, 6) is 0. The minimum absolute atomic E-state index is 0.678. The van der Waals surface area contributed by atoms with Gasteiger partial charge in [-0.1, -0.05) is 37.6 Å². The van der Waals surface area contributed by atoms with Gasteiger partial charge in [0.2, 0.25) is 0 Å². The van der Waals surface area contributed by atoms with Crippen LogP contribution in [0.4, 0.5) is 0 Å². The van der Waals surface area contributed by atoms with Crippen LogP contribution in [0.3, 0.4) is 0 Å². The first-order chi connectivity index (χ1) is 8.46. The van der Waals surface area contributed by atoms with Crippen molar-refractivity contribution >= 4 is 11.9 Å². The average molecular weight is 246 g/mol. The molecule has 0 aliphatic rings. The number of carbonyl (C=O) groups is 1. The van der Waals surface area contributed by atoms with Gasteiger partial charge in [-0.2, -0.15) is 0 Å². The minimum atomic E-state index is -0.813. The summed E-state index contributed by atoms with van der Waals surface area (Å²) in [4.78, 5) is 10.6. The van der Waals surface area contributed by atoms with E-state index in [1.807, 2.05) is 30.3 Å². The van der Waals surface area contributed by atoms with Gasteiger partial charge in [-0.05, 0) is 43.9 Å². The predicted molar refractivity (Wildman–Crippen MR) is 75.6 cm³/mol. The standard InChI is InChI=1S/C16H22O2/c1-4-5-6-15(11-16(2,3)18)14-9-7-13(12-17)8-10-14/h7-12,18H,4-6H2,1-3H3/b15-11+. The zero-order chi connectivity index (χ0) is 13.6. The summed E-state index contributed by atoms with van der Waals surface area (Å²) in [6.45, 7) is 5.70. The zero-order valence-electron chi connectivity index (χ0n) is 11.4. The maximum absolute atomic E-state index is 10.6. The fraction of sp³-hybridized carbons (Fsp3) is 0.438. The van der Waals surface area contributed by atoms with Crippen molar-refractivity contribution in [3.63, 3.8) is 0 Å². The van der Waals surface area contributed by atoms with E-state index in [-0.39, 0.29) is 0 Å². The monoisotopic (exact) mass is 246 g/mol. The summed E-state index contributed by atoms with van der Waals surface area (Å²) in [6, 6.07) is 7.51. The molecule has 0 aliphatic heterocycles. The highest BCUT2D eigenvalue weighted by molar-refractivity contribution is 5.76. The number of unbranched alkanes of at least 4 members (excludes halogenated alkanes) is 1. The number of hydrogen-bond donors (Lipinski definition) is 1. The third-order valence-corrected chi connectivity index (χ3v) is 2.74. The fourth-order valence-corrected chi connectivity index (χ4v) is 1.87. The number of hydrogen-bond acceptors (Lipinski definition) is 2. The highest BCUT2D eigenvalue weighted by Gasteiger charge is 2.11. The van der Waals surface area contributed by atoms with Crippen LogP contribution < -0.4 is 0 Å². The van der Waals surface area contributed by atoms with Crippen LogP contribution in [-0.2, 0) is 0 Å². The molecule has 0 saturated carbocycles. The van der Waals surface area contributed by atoms with Crippen molar-refractivity contribution in [3.05, 3.63) is 41.5 Å². The summed E-state index contributed by atoms with van der Waals surface area (Å²) < 4.78 is 0. The smallest absolute Gasteiger partial charge is 0.150 e. The van der Waals surface area contributed by atoms with Gasteiger partial charge in [0.05, 0.1) is 5.60 Å². The van der Waals surface area contributed by atoms with E-state index in [1.165, 1.54) is 0 Å². The quantitative estimate of drug-likeness (QED) is 0.774. The molecule has 0 fully saturated rings. The lowest BCUT2D eigenvalue weighted by Gasteiger charge is -2.16. The third kappa shape index (κ3) is 4.84. The van der Waals surface area contributed by atoms with Crippen LogP contribution >= 0.6 is 0 Å². The molecule has 0 bridgehead atoms. The summed E-state index contributed by atoms with van der Waals surface area (Å²) in [5, 5.41) is 9.92. The number of allylic oxidation sites excluding steroid dienone is 1. The van der Waals surface area contributed by atoms with Crippen molar-refractivity contribution in [1.82, 2.24) is 0 Å². The second kappa shape index (κ2) is 6.50. The van der Waals surface area contributed by atoms with Crippen molar-refractivity contribution in [2.24, 2.45) is 0 Å². The molecule has 2 nitrogen and oxygen atoms in total. The Kier molecular flexibility index (Phi) is 5.29. The first-order valence-electron chi connectivity index (χ1n) is 6.46. The highest BCUT2D eigenvalue weighted by atomic mass is 16.3. The molecule has 0 radical (unpaired) electrons. The highest BCUT2D eigenvalue weighted by Crippen LogP contribution is 2.24. The second-order valence-corrected chi connectivity index (χ2v) is 5.17. The molecule has 98 valence electrons. The van der Waals surface area contributed by atoms with Crippen LogP contribution in [0.5, 0.6) is 0 Å². The Balaban J connectivity index is 3.01. The molecule has 0 aromatic heterocycles. The lowest BCUT2D eigenvalue weighted by Crippen LogP contribution is -2.15. The van der Waals surface area contributed by atoms with Crippen LogP contribution in [0, 0.1) is 0 Å². The lowest BCUT2D eigenvalue weighted by atomic mass is 9.94. The van der Waals surface area contributed by atoms with E-state index in [0.29, 0.717) is 5.56 Å². The van der Waals surface area contributed by atoms with Gasteiger partial charge in [-0.25, -0.2) is 0 Å². The number of aliphatic hydroxyl groups is 1. The van der Waals surface area contributed by atoms with Gasteiger partial charge in [-0.15, -0.1) is 0 Å². The lowest BCUT2D eigenvalue weighted by molar-refractivity contribution is 0.112. The summed E-state index contributed by atoms with van der Waals surface area (Å²) in [7, 11) is 0. The van der Waals surface area contributed by atoms with Gasteiger partial charge in [0.1, 0.15) is 6.29 Å². The van der Waals surface area contributed by atoms with Gasteiger partial charge in [0, 0.05) is 5.56 Å². The van der Waals surface area contributed by atoms with Gasteiger partial charge < -0.3 is 5.11 Å². The van der Waals surface area contributed by atoms with Crippen LogP contribution in [0.15, 0.2) is 30.3 Å². The average Bonchev–Trinajstić information content (AvgIpc) is 2.33. The molecule has 1 N–H and O–H groups in total. The molecule has 0 heterocycles. The molecule has 2 heteroatoms. The molecular formula is C16H22O2. The molecule has 0 spiro atoms. The molecule has 1 aromatic carbocycles. The maximum atomic E-state index is 10.6. The van der Waals surface area contributed by atoms with Crippen molar-refractivity contribution in [2.45, 2.75) is 45.6 Å². The Morgan fingerprint density at radius 2 is 1.89 bits per heavy atom. The summed E-state index contributed by atoms with van der Waals surface area (Å²) >= 11 is 0. The van der Waals surface area contributed by atoms with E-state index in [9.17, 15) is 9.90 Å². The largest absolute Gasteiger partial charge is 0.386 e. The topological polar surface area (TPSA) is 37.3 Å². The molecule has 0 atom stereocenters. The third-order valence-electron chi connectivity index (χ3n) is 2.74. The van der Waals surface area contributed by atoms with E-state index in [1.54, 1.807) is 13.8 Å². The van der Waals surface area contributed by atoms with E-state index in [2.05, 4.69) is 6.92 Å². The van der Waals surface area contributed by atoms with E-state index >= 15 is 0 Å². The second-order valence-electron chi connectivity index (χ2n) is 5.17. The SMILES string of the molecule is CCCC/C(=C\C(C)(C)O)c1ccc(C=O)cc1. The molecule has 0 aliphatic carbocycles. The molecule has 1 aromatic rings. The zero-order valence-corrected chi connectivity index (χ0v) is 11.4. The number of carbonyl (C=O) groups excluding carboxylic acids is 1. The molecular weight excluding hydrogens is 224 g/mol.